The summed E-state index contributed by atoms with van der Waals surface area (Å²) in [6, 6.07) is 5.46. The number of rotatable bonds is 4. The minimum atomic E-state index is -0.970. The number of aliphatic carboxylic acids is 1. The number of carbonyl (C=O) groups is 1. The van der Waals surface area contributed by atoms with E-state index in [0.29, 0.717) is 0 Å². The number of halogens is 1. The molecule has 0 aliphatic rings. The Morgan fingerprint density at radius 3 is 2.75 bits per heavy atom. The second kappa shape index (κ2) is 5.70. The molecule has 0 aliphatic heterocycles. The Morgan fingerprint density at radius 1 is 1.50 bits per heavy atom. The van der Waals surface area contributed by atoms with Gasteiger partial charge in [-0.1, -0.05) is 15.9 Å². The SMILES string of the molecule is CC(C)Oc1ccc(Br)c(/C=C/C(=O)O)c1. The third kappa shape index (κ3) is 4.06. The molecule has 0 atom stereocenters. The summed E-state index contributed by atoms with van der Waals surface area (Å²) >= 11 is 3.35. The van der Waals surface area contributed by atoms with E-state index in [1.807, 2.05) is 26.0 Å². The molecule has 0 saturated carbocycles. The molecule has 0 unspecified atom stereocenters. The van der Waals surface area contributed by atoms with Crippen molar-refractivity contribution in [3.05, 3.63) is 34.3 Å². The fourth-order valence-corrected chi connectivity index (χ4v) is 1.53. The van der Waals surface area contributed by atoms with Gasteiger partial charge in [-0.2, -0.15) is 0 Å². The van der Waals surface area contributed by atoms with Crippen LogP contribution in [0.5, 0.6) is 5.75 Å². The van der Waals surface area contributed by atoms with Crippen LogP contribution in [0.2, 0.25) is 0 Å². The van der Waals surface area contributed by atoms with Crippen LogP contribution in [0.4, 0.5) is 0 Å². The van der Waals surface area contributed by atoms with Crippen molar-refractivity contribution in [3.8, 4) is 5.75 Å². The van der Waals surface area contributed by atoms with Gasteiger partial charge in [-0.15, -0.1) is 0 Å². The average molecular weight is 285 g/mol. The van der Waals surface area contributed by atoms with Crippen molar-refractivity contribution < 1.29 is 14.6 Å². The number of hydrogen-bond donors (Lipinski definition) is 1. The van der Waals surface area contributed by atoms with E-state index in [9.17, 15) is 4.79 Å². The predicted octanol–water partition coefficient (Wildman–Crippen LogP) is 3.33. The summed E-state index contributed by atoms with van der Waals surface area (Å²) in [5.74, 6) is -0.245. The number of carboxylic acid groups (broad SMARTS) is 1. The summed E-state index contributed by atoms with van der Waals surface area (Å²) in [4.78, 5) is 10.4. The lowest BCUT2D eigenvalue weighted by molar-refractivity contribution is -0.131. The molecule has 1 aromatic carbocycles. The fourth-order valence-electron chi connectivity index (χ4n) is 1.16. The number of hydrogen-bond acceptors (Lipinski definition) is 2. The topological polar surface area (TPSA) is 46.5 Å². The van der Waals surface area contributed by atoms with Crippen LogP contribution in [-0.2, 0) is 4.79 Å². The Hall–Kier alpha value is -1.29. The molecule has 0 aromatic heterocycles. The highest BCUT2D eigenvalue weighted by Crippen LogP contribution is 2.24. The van der Waals surface area contributed by atoms with Gasteiger partial charge < -0.3 is 9.84 Å². The Balaban J connectivity index is 2.94. The van der Waals surface area contributed by atoms with Crippen molar-refractivity contribution in [2.45, 2.75) is 20.0 Å². The smallest absolute Gasteiger partial charge is 0.328 e. The largest absolute Gasteiger partial charge is 0.491 e. The molecule has 0 spiro atoms. The Bertz CT molecular complexity index is 411. The number of benzene rings is 1. The van der Waals surface area contributed by atoms with Crippen molar-refractivity contribution in [2.24, 2.45) is 0 Å². The van der Waals surface area contributed by atoms with Crippen LogP contribution >= 0.6 is 15.9 Å². The van der Waals surface area contributed by atoms with Gasteiger partial charge in [-0.25, -0.2) is 4.79 Å². The highest BCUT2D eigenvalue weighted by atomic mass is 79.9. The molecule has 4 heteroatoms. The molecule has 0 bridgehead atoms. The third-order valence-corrected chi connectivity index (χ3v) is 2.47. The second-order valence-electron chi connectivity index (χ2n) is 3.52. The van der Waals surface area contributed by atoms with Crippen molar-refractivity contribution >= 4 is 28.0 Å². The van der Waals surface area contributed by atoms with Crippen LogP contribution in [0.1, 0.15) is 19.4 Å². The van der Waals surface area contributed by atoms with Crippen molar-refractivity contribution in [3.63, 3.8) is 0 Å². The van der Waals surface area contributed by atoms with E-state index in [-0.39, 0.29) is 6.10 Å². The lowest BCUT2D eigenvalue weighted by atomic mass is 10.2. The van der Waals surface area contributed by atoms with Gasteiger partial charge in [0.05, 0.1) is 6.10 Å². The van der Waals surface area contributed by atoms with Gasteiger partial charge >= 0.3 is 5.97 Å². The van der Waals surface area contributed by atoms with Gasteiger partial charge in [0, 0.05) is 10.5 Å². The van der Waals surface area contributed by atoms with Gasteiger partial charge in [-0.3, -0.25) is 0 Å². The molecular formula is C12H13BrO3. The molecule has 16 heavy (non-hydrogen) atoms. The van der Waals surface area contributed by atoms with Crippen LogP contribution in [0.3, 0.4) is 0 Å². The Morgan fingerprint density at radius 2 is 2.19 bits per heavy atom. The van der Waals surface area contributed by atoms with Gasteiger partial charge in [0.15, 0.2) is 0 Å². The molecule has 0 fully saturated rings. The fraction of sp³-hybridized carbons (Fsp3) is 0.250. The standard InChI is InChI=1S/C12H13BrO3/c1-8(2)16-10-4-5-11(13)9(7-10)3-6-12(14)15/h3-8H,1-2H3,(H,14,15)/b6-3+. The van der Waals surface area contributed by atoms with Crippen molar-refractivity contribution in [1.29, 1.82) is 0 Å². The summed E-state index contributed by atoms with van der Waals surface area (Å²) < 4.78 is 6.35. The van der Waals surface area contributed by atoms with Crippen molar-refractivity contribution in [1.82, 2.24) is 0 Å². The molecular weight excluding hydrogens is 272 g/mol. The molecule has 0 saturated heterocycles. The van der Waals surface area contributed by atoms with E-state index >= 15 is 0 Å². The minimum Gasteiger partial charge on any atom is -0.491 e. The summed E-state index contributed by atoms with van der Waals surface area (Å²) in [6.07, 6.45) is 2.72. The normalized spacial score (nSPS) is 11.0. The van der Waals surface area contributed by atoms with Gasteiger partial charge in [0.25, 0.3) is 0 Å². The summed E-state index contributed by atoms with van der Waals surface area (Å²) in [5.41, 5.74) is 0.778. The summed E-state index contributed by atoms with van der Waals surface area (Å²) in [5, 5.41) is 8.55. The van der Waals surface area contributed by atoms with Crippen LogP contribution < -0.4 is 4.74 Å². The maximum absolute atomic E-state index is 10.4. The Kier molecular flexibility index (Phi) is 4.55. The zero-order valence-electron chi connectivity index (χ0n) is 9.11. The first-order valence-corrected chi connectivity index (χ1v) is 5.65. The molecule has 0 radical (unpaired) electrons. The molecule has 1 aromatic rings. The predicted molar refractivity (Wildman–Crippen MR) is 66.6 cm³/mol. The highest BCUT2D eigenvalue weighted by molar-refractivity contribution is 9.10. The quantitative estimate of drug-likeness (QED) is 0.863. The molecule has 0 heterocycles. The van der Waals surface area contributed by atoms with Crippen LogP contribution in [0.15, 0.2) is 28.7 Å². The first-order valence-electron chi connectivity index (χ1n) is 4.86. The molecule has 1 N–H and O–H groups in total. The number of carboxylic acids is 1. The summed E-state index contributed by atoms with van der Waals surface area (Å²) in [6.45, 7) is 3.88. The van der Waals surface area contributed by atoms with Crippen molar-refractivity contribution in [2.75, 3.05) is 0 Å². The summed E-state index contributed by atoms with van der Waals surface area (Å²) in [7, 11) is 0. The minimum absolute atomic E-state index is 0.0949. The van der Waals surface area contributed by atoms with E-state index in [2.05, 4.69) is 15.9 Å². The first-order chi connectivity index (χ1) is 7.49. The highest BCUT2D eigenvalue weighted by Gasteiger charge is 2.02. The van der Waals surface area contributed by atoms with E-state index < -0.39 is 5.97 Å². The first kappa shape index (κ1) is 12.8. The van der Waals surface area contributed by atoms with Gasteiger partial charge in [-0.05, 0) is 43.7 Å². The average Bonchev–Trinajstić information content (AvgIpc) is 2.18. The maximum atomic E-state index is 10.4. The van der Waals surface area contributed by atoms with Gasteiger partial charge in [0.2, 0.25) is 0 Å². The number of ether oxygens (including phenoxy) is 1. The van der Waals surface area contributed by atoms with Gasteiger partial charge in [0.1, 0.15) is 5.75 Å². The monoisotopic (exact) mass is 284 g/mol. The zero-order chi connectivity index (χ0) is 12.1. The lowest BCUT2D eigenvalue weighted by Gasteiger charge is -2.10. The molecule has 86 valence electrons. The van der Waals surface area contributed by atoms with E-state index in [0.717, 1.165) is 21.9 Å². The maximum Gasteiger partial charge on any atom is 0.328 e. The van der Waals surface area contributed by atoms with E-state index in [4.69, 9.17) is 9.84 Å². The second-order valence-corrected chi connectivity index (χ2v) is 4.38. The Labute approximate surface area is 103 Å². The zero-order valence-corrected chi connectivity index (χ0v) is 10.7. The van der Waals surface area contributed by atoms with Crippen LogP contribution in [0, 0.1) is 0 Å². The van der Waals surface area contributed by atoms with E-state index in [1.54, 1.807) is 6.07 Å². The van der Waals surface area contributed by atoms with Crippen LogP contribution in [0.25, 0.3) is 6.08 Å². The third-order valence-electron chi connectivity index (χ3n) is 1.74. The molecule has 0 amide bonds. The van der Waals surface area contributed by atoms with Crippen LogP contribution in [-0.4, -0.2) is 17.2 Å². The van der Waals surface area contributed by atoms with E-state index in [1.165, 1.54) is 6.08 Å². The lowest BCUT2D eigenvalue weighted by Crippen LogP contribution is -2.05. The molecule has 1 rings (SSSR count). The molecule has 3 nitrogen and oxygen atoms in total. The molecule has 0 aliphatic carbocycles.